The highest BCUT2D eigenvalue weighted by molar-refractivity contribution is 6.76. The minimum atomic E-state index is -1.07. The van der Waals surface area contributed by atoms with Crippen molar-refractivity contribution in [3.05, 3.63) is 29.8 Å². The van der Waals surface area contributed by atoms with Crippen molar-refractivity contribution in [2.75, 3.05) is 7.11 Å². The molecule has 0 spiro atoms. The first kappa shape index (κ1) is 15.1. The monoisotopic (exact) mass is 292 g/mol. The molecule has 1 heterocycles. The summed E-state index contributed by atoms with van der Waals surface area (Å²) >= 11 is 0. The van der Waals surface area contributed by atoms with Crippen molar-refractivity contribution in [3.8, 4) is 5.75 Å². The lowest BCUT2D eigenvalue weighted by molar-refractivity contribution is -0.142. The molecule has 1 aliphatic heterocycles. The zero-order valence-corrected chi connectivity index (χ0v) is 13.8. The van der Waals surface area contributed by atoms with Gasteiger partial charge in [-0.25, -0.2) is 0 Å². The Morgan fingerprint density at radius 1 is 1.25 bits per heavy atom. The molecule has 0 unspecified atom stereocenters. The van der Waals surface area contributed by atoms with Crippen LogP contribution >= 0.6 is 0 Å². The second-order valence-corrected chi connectivity index (χ2v) is 12.3. The summed E-state index contributed by atoms with van der Waals surface area (Å²) in [7, 11) is 0.576. The summed E-state index contributed by atoms with van der Waals surface area (Å²) in [5.74, 6) is 0.638. The molecule has 0 bridgehead atoms. The number of rotatable bonds is 5. The van der Waals surface area contributed by atoms with Crippen LogP contribution in [0.5, 0.6) is 5.75 Å². The highest BCUT2D eigenvalue weighted by Gasteiger charge is 2.35. The molecular weight excluding hydrogens is 268 g/mol. The van der Waals surface area contributed by atoms with Gasteiger partial charge < -0.3 is 9.47 Å². The number of esters is 1. The van der Waals surface area contributed by atoms with Gasteiger partial charge in [-0.15, -0.1) is 0 Å². The van der Waals surface area contributed by atoms with E-state index >= 15 is 0 Å². The Balaban J connectivity index is 1.98. The highest BCUT2D eigenvalue weighted by atomic mass is 28.3. The summed E-state index contributed by atoms with van der Waals surface area (Å²) in [6, 6.07) is 8.94. The quantitative estimate of drug-likeness (QED) is 0.611. The van der Waals surface area contributed by atoms with Crippen molar-refractivity contribution < 1.29 is 14.3 Å². The third-order valence-corrected chi connectivity index (χ3v) is 5.59. The lowest BCUT2D eigenvalue weighted by Gasteiger charge is -2.17. The van der Waals surface area contributed by atoms with E-state index in [0.29, 0.717) is 0 Å². The Morgan fingerprint density at radius 2 is 1.90 bits per heavy atom. The number of ether oxygens (including phenoxy) is 2. The summed E-state index contributed by atoms with van der Waals surface area (Å²) in [4.78, 5) is 12.0. The Kier molecular flexibility index (Phi) is 4.53. The van der Waals surface area contributed by atoms with Crippen molar-refractivity contribution in [2.24, 2.45) is 0 Å². The van der Waals surface area contributed by atoms with E-state index in [0.717, 1.165) is 24.2 Å². The van der Waals surface area contributed by atoms with Crippen molar-refractivity contribution >= 4 is 14.0 Å². The van der Waals surface area contributed by atoms with Gasteiger partial charge in [-0.05, 0) is 24.1 Å². The molecule has 0 N–H and O–H groups in total. The predicted octanol–water partition coefficient (Wildman–Crippen LogP) is 3.82. The van der Waals surface area contributed by atoms with Crippen LogP contribution in [0.15, 0.2) is 24.3 Å². The molecule has 110 valence electrons. The maximum atomic E-state index is 12.0. The second-order valence-electron chi connectivity index (χ2n) is 6.72. The van der Waals surface area contributed by atoms with Gasteiger partial charge in [-0.1, -0.05) is 37.8 Å². The van der Waals surface area contributed by atoms with Gasteiger partial charge in [0.25, 0.3) is 0 Å². The molecule has 1 saturated heterocycles. The molecular formula is C16H24O3Si. The number of methoxy groups -OCH3 is 1. The van der Waals surface area contributed by atoms with Crippen molar-refractivity contribution in [3.63, 3.8) is 0 Å². The van der Waals surface area contributed by atoms with Gasteiger partial charge >= 0.3 is 5.97 Å². The van der Waals surface area contributed by atoms with E-state index in [2.05, 4.69) is 19.6 Å². The van der Waals surface area contributed by atoms with Crippen LogP contribution in [0.3, 0.4) is 0 Å². The first-order valence-electron chi connectivity index (χ1n) is 7.23. The smallest absolute Gasteiger partial charge is 0.313 e. The minimum absolute atomic E-state index is 0.0734. The summed E-state index contributed by atoms with van der Waals surface area (Å²) in [6.07, 6.45) is 1.92. The molecule has 0 aromatic heterocycles. The molecule has 20 heavy (non-hydrogen) atoms. The van der Waals surface area contributed by atoms with Gasteiger partial charge in [-0.2, -0.15) is 0 Å². The van der Waals surface area contributed by atoms with Crippen LogP contribution in [0.1, 0.15) is 24.3 Å². The topological polar surface area (TPSA) is 35.5 Å². The van der Waals surface area contributed by atoms with E-state index in [1.54, 1.807) is 7.11 Å². The maximum Gasteiger partial charge on any atom is 0.313 e. The van der Waals surface area contributed by atoms with Gasteiger partial charge in [0.1, 0.15) is 11.9 Å². The Morgan fingerprint density at radius 3 is 2.45 bits per heavy atom. The van der Waals surface area contributed by atoms with Gasteiger partial charge in [0, 0.05) is 14.5 Å². The average molecular weight is 292 g/mol. The molecule has 1 fully saturated rings. The van der Waals surface area contributed by atoms with Crippen LogP contribution in [0.4, 0.5) is 0 Å². The summed E-state index contributed by atoms with van der Waals surface area (Å²) in [5, 5.41) is 0. The normalized spacial score (nSPS) is 22.7. The Labute approximate surface area is 122 Å². The molecule has 0 saturated carbocycles. The third kappa shape index (κ3) is 3.85. The molecule has 1 aromatic rings. The van der Waals surface area contributed by atoms with E-state index < -0.39 is 8.07 Å². The predicted molar refractivity (Wildman–Crippen MR) is 83.0 cm³/mol. The number of carbonyl (C=O) groups excluding carboxylic acids is 1. The molecule has 0 amide bonds. The molecule has 1 aromatic carbocycles. The maximum absolute atomic E-state index is 12.0. The Hall–Kier alpha value is -1.29. The first-order valence-corrected chi connectivity index (χ1v) is 10.9. The fraction of sp³-hybridized carbons (Fsp3) is 0.562. The number of cyclic esters (lactones) is 1. The minimum Gasteiger partial charge on any atom is -0.497 e. The standard InChI is InChI=1S/C16H24O3Si/c1-18-13-7-5-12(6-8-13)15-11-14(19-16(15)17)9-10-20(2,3)4/h5-8,14-15H,9-11H2,1-4H3/t14-,15-/m1/s1. The molecule has 0 radical (unpaired) electrons. The lowest BCUT2D eigenvalue weighted by Crippen LogP contribution is -2.22. The molecule has 3 nitrogen and oxygen atoms in total. The van der Waals surface area contributed by atoms with Crippen LogP contribution in [0, 0.1) is 0 Å². The van der Waals surface area contributed by atoms with Crippen molar-refractivity contribution in [2.45, 2.75) is 50.5 Å². The van der Waals surface area contributed by atoms with E-state index in [4.69, 9.17) is 9.47 Å². The number of hydrogen-bond acceptors (Lipinski definition) is 3. The highest BCUT2D eigenvalue weighted by Crippen LogP contribution is 2.34. The van der Waals surface area contributed by atoms with E-state index in [9.17, 15) is 4.79 Å². The first-order chi connectivity index (χ1) is 9.39. The summed E-state index contributed by atoms with van der Waals surface area (Å²) in [5.41, 5.74) is 1.03. The average Bonchev–Trinajstić information content (AvgIpc) is 2.77. The zero-order valence-electron chi connectivity index (χ0n) is 12.8. The summed E-state index contributed by atoms with van der Waals surface area (Å²) < 4.78 is 10.7. The Bertz CT molecular complexity index is 462. The third-order valence-electron chi connectivity index (χ3n) is 3.80. The van der Waals surface area contributed by atoms with Crippen molar-refractivity contribution in [1.29, 1.82) is 0 Å². The largest absolute Gasteiger partial charge is 0.497 e. The number of carbonyl (C=O) groups is 1. The van der Waals surface area contributed by atoms with Crippen LogP contribution in [0.25, 0.3) is 0 Å². The van der Waals surface area contributed by atoms with E-state index in [1.807, 2.05) is 24.3 Å². The van der Waals surface area contributed by atoms with E-state index in [1.165, 1.54) is 6.04 Å². The number of hydrogen-bond donors (Lipinski definition) is 0. The van der Waals surface area contributed by atoms with Crippen LogP contribution in [-0.4, -0.2) is 27.3 Å². The van der Waals surface area contributed by atoms with Crippen LogP contribution < -0.4 is 4.74 Å². The van der Waals surface area contributed by atoms with Crippen LogP contribution in [-0.2, 0) is 9.53 Å². The molecule has 0 aliphatic carbocycles. The zero-order chi connectivity index (χ0) is 14.8. The fourth-order valence-electron chi connectivity index (χ4n) is 2.53. The summed E-state index contributed by atoms with van der Waals surface area (Å²) in [6.45, 7) is 7.06. The molecule has 1 aliphatic rings. The number of benzene rings is 1. The van der Waals surface area contributed by atoms with Gasteiger partial charge in [-0.3, -0.25) is 4.79 Å². The van der Waals surface area contributed by atoms with Gasteiger partial charge in [0.15, 0.2) is 0 Å². The second kappa shape index (κ2) is 6.00. The fourth-order valence-corrected chi connectivity index (χ4v) is 3.72. The van der Waals surface area contributed by atoms with E-state index in [-0.39, 0.29) is 18.0 Å². The van der Waals surface area contributed by atoms with Crippen molar-refractivity contribution in [1.82, 2.24) is 0 Å². The molecule has 4 heteroatoms. The molecule has 2 atom stereocenters. The SMILES string of the molecule is COc1ccc([C@H]2C[C@@H](CC[Si](C)(C)C)OC2=O)cc1. The van der Waals surface area contributed by atoms with Crippen LogP contribution in [0.2, 0.25) is 25.7 Å². The lowest BCUT2D eigenvalue weighted by atomic mass is 9.95. The van der Waals surface area contributed by atoms with Gasteiger partial charge in [0.2, 0.25) is 0 Å². The van der Waals surface area contributed by atoms with Gasteiger partial charge in [0.05, 0.1) is 13.0 Å². The molecule has 2 rings (SSSR count).